The number of unbranched alkanes of at least 4 members (excludes halogenated alkanes) is 18. The molecule has 1 rings (SSSR count). The summed E-state index contributed by atoms with van der Waals surface area (Å²) in [6.07, 6.45) is 36.8. The van der Waals surface area contributed by atoms with Crippen LogP contribution in [0.5, 0.6) is 0 Å². The third kappa shape index (κ3) is 17.8. The highest BCUT2D eigenvalue weighted by Gasteiger charge is 2.12. The van der Waals surface area contributed by atoms with Crippen molar-refractivity contribution < 1.29 is 0 Å². The second kappa shape index (κ2) is 20.7. The minimum atomic E-state index is 1.10. The van der Waals surface area contributed by atoms with Gasteiger partial charge in [-0.25, -0.2) is 0 Å². The highest BCUT2D eigenvalue weighted by atomic mass is 14.2. The van der Waals surface area contributed by atoms with E-state index in [1.54, 1.807) is 0 Å². The fourth-order valence-electron chi connectivity index (χ4n) is 4.91. The highest BCUT2D eigenvalue weighted by molar-refractivity contribution is 4.65. The lowest BCUT2D eigenvalue weighted by molar-refractivity contribution is 0.328. The third-order valence-corrected chi connectivity index (χ3v) is 6.84. The normalized spacial score (nSPS) is 15.4. The van der Waals surface area contributed by atoms with Crippen LogP contribution in [0.1, 0.15) is 161 Å². The molecule has 0 aromatic carbocycles. The predicted octanol–water partition coefficient (Wildman–Crippen LogP) is 10.2. The zero-order valence-corrected chi connectivity index (χ0v) is 19.0. The molecule has 161 valence electrons. The molecule has 0 atom stereocenters. The van der Waals surface area contributed by atoms with Gasteiger partial charge in [0.25, 0.3) is 0 Å². The molecule has 0 bridgehead atoms. The van der Waals surface area contributed by atoms with E-state index in [9.17, 15) is 0 Å². The smallest absolute Gasteiger partial charge is 0.0414 e. The van der Waals surface area contributed by atoms with Gasteiger partial charge in [0.2, 0.25) is 0 Å². The van der Waals surface area contributed by atoms with E-state index in [1.807, 2.05) is 0 Å². The van der Waals surface area contributed by atoms with Crippen molar-refractivity contribution in [3.05, 3.63) is 6.92 Å². The second-order valence-electron chi connectivity index (χ2n) is 9.51. The fraction of sp³-hybridized carbons (Fsp3) is 0.963. The second-order valence-corrected chi connectivity index (χ2v) is 9.51. The molecule has 0 aliphatic heterocycles. The first-order valence-electron chi connectivity index (χ1n) is 13.2. The molecule has 0 aromatic heterocycles. The van der Waals surface area contributed by atoms with Gasteiger partial charge in [-0.2, -0.15) is 0 Å². The molecule has 0 aromatic rings. The summed E-state index contributed by atoms with van der Waals surface area (Å²) in [7, 11) is 0. The van der Waals surface area contributed by atoms with E-state index < -0.39 is 0 Å². The Bertz CT molecular complexity index is 263. The molecular weight excluding hydrogens is 324 g/mol. The number of hydrogen-bond donors (Lipinski definition) is 0. The average Bonchev–Trinajstić information content (AvgIpc) is 2.70. The van der Waals surface area contributed by atoms with Crippen molar-refractivity contribution in [3.63, 3.8) is 0 Å². The number of rotatable bonds is 20. The predicted molar refractivity (Wildman–Crippen MR) is 124 cm³/mol. The van der Waals surface area contributed by atoms with E-state index in [0.717, 1.165) is 12.3 Å². The van der Waals surface area contributed by atoms with Crippen molar-refractivity contribution in [1.82, 2.24) is 0 Å². The van der Waals surface area contributed by atoms with Gasteiger partial charge in [0.15, 0.2) is 0 Å². The van der Waals surface area contributed by atoms with E-state index in [-0.39, 0.29) is 0 Å². The molecule has 1 aliphatic rings. The molecule has 1 saturated carbocycles. The van der Waals surface area contributed by atoms with E-state index >= 15 is 0 Å². The minimum absolute atomic E-state index is 1.10. The van der Waals surface area contributed by atoms with Crippen molar-refractivity contribution in [3.8, 4) is 0 Å². The molecule has 0 spiro atoms. The van der Waals surface area contributed by atoms with Gasteiger partial charge >= 0.3 is 0 Å². The summed E-state index contributed by atoms with van der Waals surface area (Å²) in [5.41, 5.74) is 0. The Labute approximate surface area is 173 Å². The van der Waals surface area contributed by atoms with Gasteiger partial charge < -0.3 is 0 Å². The third-order valence-electron chi connectivity index (χ3n) is 6.84. The summed E-state index contributed by atoms with van der Waals surface area (Å²) < 4.78 is 0. The Morgan fingerprint density at radius 3 is 1.11 bits per heavy atom. The van der Waals surface area contributed by atoms with Gasteiger partial charge in [-0.3, -0.25) is 0 Å². The van der Waals surface area contributed by atoms with Crippen LogP contribution in [0, 0.1) is 12.8 Å². The Hall–Kier alpha value is 0. The largest absolute Gasteiger partial charge is 0.0533 e. The van der Waals surface area contributed by atoms with Crippen molar-refractivity contribution in [1.29, 1.82) is 0 Å². The summed E-state index contributed by atoms with van der Waals surface area (Å²) in [6, 6.07) is 0. The quantitative estimate of drug-likeness (QED) is 0.185. The number of hydrogen-bond acceptors (Lipinski definition) is 0. The Balaban J connectivity index is 1.64. The summed E-state index contributed by atoms with van der Waals surface area (Å²) in [5.74, 6) is 1.10. The zero-order chi connectivity index (χ0) is 19.3. The summed E-state index contributed by atoms with van der Waals surface area (Å²) in [5, 5.41) is 0. The maximum atomic E-state index is 3.91. The molecule has 1 fully saturated rings. The lowest BCUT2D eigenvalue weighted by Crippen LogP contribution is -2.05. The van der Waals surface area contributed by atoms with Crippen molar-refractivity contribution in [2.75, 3.05) is 0 Å². The Morgan fingerprint density at radius 1 is 0.407 bits per heavy atom. The molecule has 0 nitrogen and oxygen atoms in total. The van der Waals surface area contributed by atoms with Gasteiger partial charge in [-0.05, 0) is 5.92 Å². The lowest BCUT2D eigenvalue weighted by Gasteiger charge is -2.21. The van der Waals surface area contributed by atoms with Gasteiger partial charge in [0.05, 0.1) is 0 Å². The highest BCUT2D eigenvalue weighted by Crippen LogP contribution is 2.28. The molecule has 0 heteroatoms. The van der Waals surface area contributed by atoms with Crippen LogP contribution < -0.4 is 0 Å². The SMILES string of the molecule is [CH2]CCCCCCCCCCCCCCCCCCCCC1CCCCC1. The van der Waals surface area contributed by atoms with Gasteiger partial charge in [-0.1, -0.05) is 167 Å². The molecule has 0 N–H and O–H groups in total. The van der Waals surface area contributed by atoms with Crippen molar-refractivity contribution >= 4 is 0 Å². The minimum Gasteiger partial charge on any atom is -0.0533 e. The van der Waals surface area contributed by atoms with Crippen molar-refractivity contribution in [2.24, 2.45) is 5.92 Å². The standard InChI is InChI=1S/C27H53/c1-2-3-4-5-6-7-8-9-10-11-12-13-14-15-16-17-18-19-21-24-27-25-22-20-23-26-27/h27H,1-26H2. The van der Waals surface area contributed by atoms with Gasteiger partial charge in [-0.15, -0.1) is 0 Å². The van der Waals surface area contributed by atoms with Crippen LogP contribution in [-0.2, 0) is 0 Å². The van der Waals surface area contributed by atoms with Crippen LogP contribution >= 0.6 is 0 Å². The van der Waals surface area contributed by atoms with E-state index in [0.29, 0.717) is 0 Å². The van der Waals surface area contributed by atoms with Crippen LogP contribution in [0.2, 0.25) is 0 Å². The zero-order valence-electron chi connectivity index (χ0n) is 19.0. The summed E-state index contributed by atoms with van der Waals surface area (Å²) >= 11 is 0. The molecule has 1 radical (unpaired) electrons. The molecule has 0 unspecified atom stereocenters. The summed E-state index contributed by atoms with van der Waals surface area (Å²) in [4.78, 5) is 0. The van der Waals surface area contributed by atoms with Crippen LogP contribution in [0.25, 0.3) is 0 Å². The molecule has 0 heterocycles. The average molecular weight is 378 g/mol. The van der Waals surface area contributed by atoms with Crippen LogP contribution in [-0.4, -0.2) is 0 Å². The maximum Gasteiger partial charge on any atom is -0.0414 e. The first-order chi connectivity index (χ1) is 13.4. The van der Waals surface area contributed by atoms with Crippen molar-refractivity contribution in [2.45, 2.75) is 161 Å². The topological polar surface area (TPSA) is 0 Å². The van der Waals surface area contributed by atoms with E-state index in [2.05, 4.69) is 6.92 Å². The van der Waals surface area contributed by atoms with Gasteiger partial charge in [0.1, 0.15) is 0 Å². The Kier molecular flexibility index (Phi) is 19.2. The van der Waals surface area contributed by atoms with Crippen LogP contribution in [0.3, 0.4) is 0 Å². The first-order valence-corrected chi connectivity index (χ1v) is 13.2. The molecule has 1 aliphatic carbocycles. The van der Waals surface area contributed by atoms with Crippen LogP contribution in [0.15, 0.2) is 0 Å². The molecular formula is C27H53. The fourth-order valence-corrected chi connectivity index (χ4v) is 4.91. The molecule has 0 saturated heterocycles. The van der Waals surface area contributed by atoms with Gasteiger partial charge in [0, 0.05) is 0 Å². The van der Waals surface area contributed by atoms with E-state index in [1.165, 1.54) is 154 Å². The first kappa shape index (κ1) is 25.0. The Morgan fingerprint density at radius 2 is 0.741 bits per heavy atom. The monoisotopic (exact) mass is 377 g/mol. The maximum absolute atomic E-state index is 3.91. The van der Waals surface area contributed by atoms with E-state index in [4.69, 9.17) is 0 Å². The lowest BCUT2D eigenvalue weighted by atomic mass is 9.85. The van der Waals surface area contributed by atoms with Crippen LogP contribution in [0.4, 0.5) is 0 Å². The molecule has 27 heavy (non-hydrogen) atoms. The molecule has 0 amide bonds. The summed E-state index contributed by atoms with van der Waals surface area (Å²) in [6.45, 7) is 3.91.